The number of rotatable bonds is 4. The lowest BCUT2D eigenvalue weighted by Gasteiger charge is -2.31. The number of piperidine rings is 1. The van der Waals surface area contributed by atoms with Gasteiger partial charge in [0.2, 0.25) is 0 Å². The maximum Gasteiger partial charge on any atom is 0.0488 e. The third-order valence-electron chi connectivity index (χ3n) is 7.80. The third-order valence-corrected chi connectivity index (χ3v) is 7.80. The number of fused-ring (bicyclic) bond motifs is 4. The van der Waals surface area contributed by atoms with Crippen LogP contribution in [0, 0.1) is 12.8 Å². The van der Waals surface area contributed by atoms with Gasteiger partial charge in [0.05, 0.1) is 0 Å². The van der Waals surface area contributed by atoms with Gasteiger partial charge in [0.15, 0.2) is 0 Å². The summed E-state index contributed by atoms with van der Waals surface area (Å²) in [5.41, 5.74) is 7.66. The van der Waals surface area contributed by atoms with Crippen molar-refractivity contribution in [2.24, 2.45) is 5.92 Å². The highest BCUT2D eigenvalue weighted by Gasteiger charge is 2.33. The minimum absolute atomic E-state index is 0.781. The first-order valence-corrected chi connectivity index (χ1v) is 11.8. The fourth-order valence-electron chi connectivity index (χ4n) is 6.02. The zero-order chi connectivity index (χ0) is 20.0. The van der Waals surface area contributed by atoms with Gasteiger partial charge in [-0.25, -0.2) is 0 Å². The summed E-state index contributed by atoms with van der Waals surface area (Å²) < 4.78 is 2.64. The van der Waals surface area contributed by atoms with E-state index in [-0.39, 0.29) is 0 Å². The van der Waals surface area contributed by atoms with E-state index >= 15 is 0 Å². The molecule has 0 bridgehead atoms. The van der Waals surface area contributed by atoms with E-state index in [1.807, 2.05) is 0 Å². The number of aromatic nitrogens is 1. The molecule has 156 valence electrons. The predicted molar refractivity (Wildman–Crippen MR) is 122 cm³/mol. The largest absolute Gasteiger partial charge is 0.339 e. The zero-order valence-corrected chi connectivity index (χ0v) is 18.6. The average molecular weight is 392 g/mol. The number of hydrogen-bond donors (Lipinski definition) is 0. The maximum atomic E-state index is 2.74. The maximum absolute atomic E-state index is 2.74. The van der Waals surface area contributed by atoms with Gasteiger partial charge in [-0.15, -0.1) is 0 Å². The molecule has 4 heterocycles. The van der Waals surface area contributed by atoms with Crippen LogP contribution in [0.25, 0.3) is 10.9 Å². The van der Waals surface area contributed by atoms with Crippen LogP contribution >= 0.6 is 0 Å². The van der Waals surface area contributed by atoms with Gasteiger partial charge in [0.1, 0.15) is 0 Å². The van der Waals surface area contributed by atoms with Crippen molar-refractivity contribution in [1.82, 2.24) is 14.4 Å². The normalized spacial score (nSPS) is 24.2. The van der Waals surface area contributed by atoms with Crippen molar-refractivity contribution in [3.63, 3.8) is 0 Å². The van der Waals surface area contributed by atoms with E-state index in [1.54, 1.807) is 16.8 Å². The van der Waals surface area contributed by atoms with Crippen LogP contribution in [0.3, 0.4) is 0 Å². The fourth-order valence-corrected chi connectivity index (χ4v) is 6.02. The first kappa shape index (κ1) is 19.4. The van der Waals surface area contributed by atoms with Gasteiger partial charge in [0.25, 0.3) is 0 Å². The van der Waals surface area contributed by atoms with Gasteiger partial charge in [-0.05, 0) is 103 Å². The minimum atomic E-state index is 0.781. The van der Waals surface area contributed by atoms with Crippen molar-refractivity contribution in [3.8, 4) is 0 Å². The van der Waals surface area contributed by atoms with Crippen molar-refractivity contribution >= 4 is 10.9 Å². The van der Waals surface area contributed by atoms with Crippen LogP contribution in [0.5, 0.6) is 0 Å². The lowest BCUT2D eigenvalue weighted by Crippen LogP contribution is -2.35. The molecule has 3 aliphatic rings. The predicted octanol–water partition coefficient (Wildman–Crippen LogP) is 5.15. The molecule has 3 nitrogen and oxygen atoms in total. The van der Waals surface area contributed by atoms with E-state index in [9.17, 15) is 0 Å². The molecule has 1 atom stereocenters. The molecule has 3 aliphatic heterocycles. The molecule has 0 aliphatic carbocycles. The lowest BCUT2D eigenvalue weighted by molar-refractivity contribution is 0.218. The molecule has 0 spiro atoms. The molecule has 2 aromatic rings. The van der Waals surface area contributed by atoms with Gasteiger partial charge in [0, 0.05) is 35.7 Å². The highest BCUT2D eigenvalue weighted by molar-refractivity contribution is 5.86. The summed E-state index contributed by atoms with van der Waals surface area (Å²) in [6.45, 7) is 10.6. The van der Waals surface area contributed by atoms with Crippen molar-refractivity contribution in [2.45, 2.75) is 71.5 Å². The Morgan fingerprint density at radius 2 is 1.97 bits per heavy atom. The van der Waals surface area contributed by atoms with Crippen LogP contribution in [0.4, 0.5) is 0 Å². The van der Waals surface area contributed by atoms with Crippen LogP contribution in [0.2, 0.25) is 0 Å². The van der Waals surface area contributed by atoms with E-state index in [2.05, 4.69) is 59.5 Å². The van der Waals surface area contributed by atoms with Crippen LogP contribution in [0.1, 0.15) is 55.8 Å². The van der Waals surface area contributed by atoms with Gasteiger partial charge in [-0.1, -0.05) is 23.3 Å². The number of likely N-dealkylation sites (tertiary alicyclic amines) is 1. The molecule has 0 radical (unpaired) electrons. The Labute approximate surface area is 176 Å². The minimum Gasteiger partial charge on any atom is -0.339 e. The second-order valence-corrected chi connectivity index (χ2v) is 10.0. The summed E-state index contributed by atoms with van der Waals surface area (Å²) in [4.78, 5) is 5.21. The molecule has 5 rings (SSSR count). The van der Waals surface area contributed by atoms with E-state index in [4.69, 9.17) is 0 Å². The van der Waals surface area contributed by atoms with Crippen molar-refractivity contribution in [1.29, 1.82) is 0 Å². The Bertz CT molecular complexity index is 914. The van der Waals surface area contributed by atoms with Gasteiger partial charge < -0.3 is 9.47 Å². The van der Waals surface area contributed by atoms with Gasteiger partial charge in [-0.2, -0.15) is 0 Å². The Balaban J connectivity index is 1.41. The number of benzene rings is 1. The lowest BCUT2D eigenvalue weighted by atomic mass is 9.90. The monoisotopic (exact) mass is 391 g/mol. The standard InChI is InChI=1S/C26H37N3/c1-19-6-7-25-23(16-19)24-17-22-5-4-11-28(22)18-26(24)29(25)14-8-20(2)15-21-9-12-27(3)13-10-21/h6-8,16,21-22H,4-5,9-15,17-18H2,1-3H3/b20-8-. The van der Waals surface area contributed by atoms with Crippen LogP contribution < -0.4 is 0 Å². The Hall–Kier alpha value is -1.58. The summed E-state index contributed by atoms with van der Waals surface area (Å²) in [5.74, 6) is 0.880. The molecule has 1 unspecified atom stereocenters. The molecule has 2 saturated heterocycles. The van der Waals surface area contributed by atoms with Crippen molar-refractivity contribution in [3.05, 3.63) is 46.7 Å². The molecule has 0 saturated carbocycles. The average Bonchev–Trinajstić information content (AvgIpc) is 3.28. The number of allylic oxidation sites excluding steroid dienone is 2. The number of nitrogens with zero attached hydrogens (tertiary/aromatic N) is 3. The van der Waals surface area contributed by atoms with Crippen LogP contribution in [0.15, 0.2) is 29.8 Å². The molecule has 29 heavy (non-hydrogen) atoms. The Morgan fingerprint density at radius 3 is 2.79 bits per heavy atom. The summed E-state index contributed by atoms with van der Waals surface area (Å²) >= 11 is 0. The first-order chi connectivity index (χ1) is 14.1. The summed E-state index contributed by atoms with van der Waals surface area (Å²) in [5, 5.41) is 1.52. The van der Waals surface area contributed by atoms with Gasteiger partial charge >= 0.3 is 0 Å². The second-order valence-electron chi connectivity index (χ2n) is 10.0. The molecule has 1 aromatic carbocycles. The zero-order valence-electron chi connectivity index (χ0n) is 18.6. The number of hydrogen-bond acceptors (Lipinski definition) is 2. The molecular formula is C26H37N3. The van der Waals surface area contributed by atoms with Gasteiger partial charge in [-0.3, -0.25) is 4.90 Å². The molecule has 0 N–H and O–H groups in total. The molecular weight excluding hydrogens is 354 g/mol. The first-order valence-electron chi connectivity index (χ1n) is 11.8. The topological polar surface area (TPSA) is 11.4 Å². The van der Waals surface area contributed by atoms with Crippen molar-refractivity contribution < 1.29 is 0 Å². The summed E-state index contributed by atoms with van der Waals surface area (Å²) in [6, 6.07) is 7.88. The van der Waals surface area contributed by atoms with Crippen molar-refractivity contribution in [2.75, 3.05) is 26.7 Å². The third kappa shape index (κ3) is 3.80. The highest BCUT2D eigenvalue weighted by Crippen LogP contribution is 2.37. The van der Waals surface area contributed by atoms with E-state index in [0.717, 1.165) is 25.0 Å². The second kappa shape index (κ2) is 7.92. The summed E-state index contributed by atoms with van der Waals surface area (Å²) in [6.07, 6.45) is 10.5. The Kier molecular flexibility index (Phi) is 5.30. The Morgan fingerprint density at radius 1 is 1.14 bits per heavy atom. The van der Waals surface area contributed by atoms with E-state index in [1.165, 1.54) is 74.6 Å². The van der Waals surface area contributed by atoms with Crippen LogP contribution in [-0.4, -0.2) is 47.1 Å². The molecule has 1 aromatic heterocycles. The number of aryl methyl sites for hydroxylation is 1. The SMILES string of the molecule is C/C(=C/Cn1c2c(c3cc(C)ccc31)CC1CCCN1C2)CC1CCN(C)CC1. The highest BCUT2D eigenvalue weighted by atomic mass is 15.2. The molecule has 2 fully saturated rings. The molecule has 0 amide bonds. The quantitative estimate of drug-likeness (QED) is 0.668. The molecule has 3 heteroatoms. The van der Waals surface area contributed by atoms with E-state index < -0.39 is 0 Å². The fraction of sp³-hybridized carbons (Fsp3) is 0.615. The summed E-state index contributed by atoms with van der Waals surface area (Å²) in [7, 11) is 2.26. The van der Waals surface area contributed by atoms with Crippen LogP contribution in [-0.2, 0) is 19.5 Å². The van der Waals surface area contributed by atoms with E-state index in [0.29, 0.717) is 0 Å². The smallest absolute Gasteiger partial charge is 0.0488 e.